The SMILES string of the molecule is CCn1ncc(-c2cc(C(=O)N3CCN(S(=O)(=O)c4cccs4)CC3)c3ccccc3n2)c1C. The summed E-state index contributed by atoms with van der Waals surface area (Å²) in [6.45, 7) is 5.99. The van der Waals surface area contributed by atoms with Crippen molar-refractivity contribution in [3.8, 4) is 11.3 Å². The van der Waals surface area contributed by atoms with E-state index in [0.29, 0.717) is 28.6 Å². The lowest BCUT2D eigenvalue weighted by molar-refractivity contribution is 0.0700. The van der Waals surface area contributed by atoms with Gasteiger partial charge >= 0.3 is 0 Å². The van der Waals surface area contributed by atoms with Gasteiger partial charge in [-0.1, -0.05) is 24.3 Å². The summed E-state index contributed by atoms with van der Waals surface area (Å²) in [6.07, 6.45) is 1.79. The molecule has 1 aliphatic heterocycles. The third-order valence-corrected chi connectivity index (χ3v) is 9.51. The fourth-order valence-electron chi connectivity index (χ4n) is 4.35. The van der Waals surface area contributed by atoms with Gasteiger partial charge < -0.3 is 4.90 Å². The minimum atomic E-state index is -3.52. The molecule has 1 aromatic carbocycles. The molecule has 1 fully saturated rings. The number of aryl methyl sites for hydroxylation is 1. The number of carbonyl (C=O) groups excluding carboxylic acids is 1. The van der Waals surface area contributed by atoms with E-state index in [-0.39, 0.29) is 19.0 Å². The summed E-state index contributed by atoms with van der Waals surface area (Å²) >= 11 is 1.21. The number of carbonyl (C=O) groups is 1. The van der Waals surface area contributed by atoms with E-state index in [1.54, 1.807) is 28.6 Å². The van der Waals surface area contributed by atoms with Crippen LogP contribution in [0.2, 0.25) is 0 Å². The Bertz CT molecular complexity index is 1450. The molecule has 4 aromatic rings. The number of sulfonamides is 1. The third kappa shape index (κ3) is 3.91. The molecule has 8 nitrogen and oxygen atoms in total. The molecule has 10 heteroatoms. The van der Waals surface area contributed by atoms with E-state index in [2.05, 4.69) is 5.10 Å². The molecule has 5 rings (SSSR count). The first-order valence-corrected chi connectivity index (χ1v) is 13.5. The number of amides is 1. The van der Waals surface area contributed by atoms with E-state index in [0.717, 1.165) is 28.7 Å². The van der Waals surface area contributed by atoms with Gasteiger partial charge in [-0.15, -0.1) is 11.3 Å². The van der Waals surface area contributed by atoms with Crippen LogP contribution in [0.4, 0.5) is 0 Å². The van der Waals surface area contributed by atoms with Crippen molar-refractivity contribution in [3.63, 3.8) is 0 Å². The van der Waals surface area contributed by atoms with E-state index in [4.69, 9.17) is 4.98 Å². The number of thiophene rings is 1. The van der Waals surface area contributed by atoms with Crippen LogP contribution in [-0.4, -0.2) is 64.5 Å². The van der Waals surface area contributed by atoms with Crippen molar-refractivity contribution in [1.29, 1.82) is 0 Å². The highest BCUT2D eigenvalue weighted by Crippen LogP contribution is 2.29. The number of aromatic nitrogens is 3. The van der Waals surface area contributed by atoms with Crippen LogP contribution in [0.15, 0.2) is 58.3 Å². The summed E-state index contributed by atoms with van der Waals surface area (Å²) in [4.78, 5) is 20.2. The van der Waals surface area contributed by atoms with Crippen molar-refractivity contribution in [1.82, 2.24) is 24.0 Å². The molecule has 0 spiro atoms. The largest absolute Gasteiger partial charge is 0.336 e. The van der Waals surface area contributed by atoms with Crippen molar-refractivity contribution in [2.45, 2.75) is 24.6 Å². The van der Waals surface area contributed by atoms with Gasteiger partial charge in [0.2, 0.25) is 0 Å². The first-order valence-electron chi connectivity index (χ1n) is 11.2. The van der Waals surface area contributed by atoms with Crippen LogP contribution in [-0.2, 0) is 16.6 Å². The summed E-state index contributed by atoms with van der Waals surface area (Å²) in [5.41, 5.74) is 3.91. The van der Waals surface area contributed by atoms with Crippen LogP contribution in [0.3, 0.4) is 0 Å². The van der Waals surface area contributed by atoms with Crippen molar-refractivity contribution >= 4 is 38.2 Å². The molecule has 0 unspecified atom stereocenters. The second-order valence-corrected chi connectivity index (χ2v) is 11.3. The van der Waals surface area contributed by atoms with Crippen molar-refractivity contribution in [3.05, 3.63) is 65.3 Å². The summed E-state index contributed by atoms with van der Waals surface area (Å²) in [6, 6.07) is 12.8. The first-order chi connectivity index (χ1) is 16.4. The lowest BCUT2D eigenvalue weighted by Crippen LogP contribution is -2.50. The second-order valence-electron chi connectivity index (χ2n) is 8.16. The average molecular weight is 496 g/mol. The molecule has 4 heterocycles. The molecule has 3 aromatic heterocycles. The van der Waals surface area contributed by atoms with Crippen molar-refractivity contribution in [2.75, 3.05) is 26.2 Å². The summed E-state index contributed by atoms with van der Waals surface area (Å²) in [5, 5.41) is 6.96. The summed E-state index contributed by atoms with van der Waals surface area (Å²) < 4.78 is 29.4. The predicted octanol–water partition coefficient (Wildman–Crippen LogP) is 3.63. The van der Waals surface area contributed by atoms with Crippen LogP contribution >= 0.6 is 11.3 Å². The van der Waals surface area contributed by atoms with Crippen molar-refractivity contribution in [2.24, 2.45) is 0 Å². The summed E-state index contributed by atoms with van der Waals surface area (Å²) in [7, 11) is -3.52. The summed E-state index contributed by atoms with van der Waals surface area (Å²) in [5.74, 6) is -0.117. The molecule has 0 atom stereocenters. The normalized spacial score (nSPS) is 15.2. The first kappa shape index (κ1) is 22.7. The molecule has 34 heavy (non-hydrogen) atoms. The molecule has 1 amide bonds. The molecule has 0 bridgehead atoms. The Morgan fingerprint density at radius 2 is 1.85 bits per heavy atom. The lowest BCUT2D eigenvalue weighted by Gasteiger charge is -2.34. The van der Waals surface area contributed by atoms with Gasteiger partial charge in [0.05, 0.1) is 23.0 Å². The zero-order chi connectivity index (χ0) is 23.9. The Balaban J connectivity index is 1.45. The van der Waals surface area contributed by atoms with Crippen LogP contribution in [0.5, 0.6) is 0 Å². The van der Waals surface area contributed by atoms with E-state index in [1.165, 1.54) is 15.6 Å². The molecule has 0 aliphatic carbocycles. The van der Waals surface area contributed by atoms with Gasteiger partial charge in [0, 0.05) is 49.4 Å². The highest BCUT2D eigenvalue weighted by molar-refractivity contribution is 7.91. The Morgan fingerprint density at radius 1 is 1.09 bits per heavy atom. The van der Waals surface area contributed by atoms with Crippen LogP contribution < -0.4 is 0 Å². The number of hydrogen-bond donors (Lipinski definition) is 0. The topological polar surface area (TPSA) is 88.4 Å². The van der Waals surface area contributed by atoms with Gasteiger partial charge in [0.1, 0.15) is 4.21 Å². The number of benzene rings is 1. The third-order valence-electron chi connectivity index (χ3n) is 6.24. The van der Waals surface area contributed by atoms with Crippen LogP contribution in [0, 0.1) is 6.92 Å². The van der Waals surface area contributed by atoms with Gasteiger partial charge in [0.25, 0.3) is 15.9 Å². The Morgan fingerprint density at radius 3 is 2.53 bits per heavy atom. The molecule has 0 radical (unpaired) electrons. The maximum atomic E-state index is 13.6. The monoisotopic (exact) mass is 495 g/mol. The second kappa shape index (κ2) is 8.94. The van der Waals surface area contributed by atoms with E-state index < -0.39 is 10.0 Å². The lowest BCUT2D eigenvalue weighted by atomic mass is 10.0. The average Bonchev–Trinajstić information content (AvgIpc) is 3.53. The number of hydrogen-bond acceptors (Lipinski definition) is 6. The zero-order valence-corrected chi connectivity index (χ0v) is 20.6. The van der Waals surface area contributed by atoms with Gasteiger partial charge in [-0.2, -0.15) is 9.40 Å². The van der Waals surface area contributed by atoms with Gasteiger partial charge in [-0.25, -0.2) is 13.4 Å². The highest BCUT2D eigenvalue weighted by atomic mass is 32.2. The van der Waals surface area contributed by atoms with Crippen LogP contribution in [0.25, 0.3) is 22.2 Å². The van der Waals surface area contributed by atoms with E-state index in [9.17, 15) is 13.2 Å². The Labute approximate surface area is 202 Å². The molecular formula is C24H25N5O3S2. The highest BCUT2D eigenvalue weighted by Gasteiger charge is 2.31. The number of fused-ring (bicyclic) bond motifs is 1. The molecule has 1 aliphatic rings. The number of nitrogens with zero attached hydrogens (tertiary/aromatic N) is 5. The smallest absolute Gasteiger partial charge is 0.254 e. The minimum Gasteiger partial charge on any atom is -0.336 e. The maximum Gasteiger partial charge on any atom is 0.254 e. The fourth-order valence-corrected chi connectivity index (χ4v) is 6.91. The predicted molar refractivity (Wildman–Crippen MR) is 132 cm³/mol. The van der Waals surface area contributed by atoms with Gasteiger partial charge in [0.15, 0.2) is 0 Å². The Kier molecular flexibility index (Phi) is 5.97. The Hall–Kier alpha value is -3.08. The van der Waals surface area contributed by atoms with Gasteiger partial charge in [-0.3, -0.25) is 9.48 Å². The maximum absolute atomic E-state index is 13.6. The molecule has 1 saturated heterocycles. The zero-order valence-electron chi connectivity index (χ0n) is 19.0. The minimum absolute atomic E-state index is 0.117. The number of pyridine rings is 1. The standard InChI is InChI=1S/C24H25N5O3S2/c1-3-29-17(2)20(16-25-29)22-15-19(18-7-4-5-8-21(18)26-22)24(30)27-10-12-28(13-11-27)34(31,32)23-9-6-14-33-23/h4-9,14-16H,3,10-13H2,1-2H3. The van der Waals surface area contributed by atoms with E-state index in [1.807, 2.05) is 48.9 Å². The van der Waals surface area contributed by atoms with Crippen molar-refractivity contribution < 1.29 is 13.2 Å². The molecule has 0 saturated carbocycles. The van der Waals surface area contributed by atoms with Gasteiger partial charge in [-0.05, 0) is 37.4 Å². The van der Waals surface area contributed by atoms with Crippen LogP contribution in [0.1, 0.15) is 23.0 Å². The molecule has 0 N–H and O–H groups in total. The number of para-hydroxylation sites is 1. The molecule has 176 valence electrons. The number of rotatable bonds is 5. The quantitative estimate of drug-likeness (QED) is 0.422. The van der Waals surface area contributed by atoms with E-state index >= 15 is 0 Å². The fraction of sp³-hybridized carbons (Fsp3) is 0.292. The number of piperazine rings is 1. The molecular weight excluding hydrogens is 470 g/mol.